The van der Waals surface area contributed by atoms with Gasteiger partial charge >= 0.3 is 0 Å². The van der Waals surface area contributed by atoms with E-state index in [1.54, 1.807) is 0 Å². The SMILES string of the molecule is Clc1ccc(C2CC2c2nnc(-c3ccc4c(c3)OCO4)o2)cc1. The molecule has 0 saturated heterocycles. The Balaban J connectivity index is 1.37. The first-order valence-electron chi connectivity index (χ1n) is 7.77. The van der Waals surface area contributed by atoms with Crippen molar-refractivity contribution in [1.29, 1.82) is 0 Å². The number of benzene rings is 2. The maximum Gasteiger partial charge on any atom is 0.247 e. The summed E-state index contributed by atoms with van der Waals surface area (Å²) in [5.74, 6) is 3.34. The molecule has 0 bridgehead atoms. The summed E-state index contributed by atoms with van der Waals surface area (Å²) in [6, 6.07) is 13.6. The van der Waals surface area contributed by atoms with Gasteiger partial charge in [-0.25, -0.2) is 0 Å². The van der Waals surface area contributed by atoms with Crippen molar-refractivity contribution in [2.75, 3.05) is 6.79 Å². The summed E-state index contributed by atoms with van der Waals surface area (Å²) < 4.78 is 16.6. The molecular formula is C18H13ClN2O3. The Kier molecular flexibility index (Phi) is 3.03. The summed E-state index contributed by atoms with van der Waals surface area (Å²) in [6.45, 7) is 0.249. The van der Waals surface area contributed by atoms with Crippen molar-refractivity contribution in [3.63, 3.8) is 0 Å². The number of rotatable bonds is 3. The predicted octanol–water partition coefficient (Wildman–Crippen LogP) is 4.39. The Labute approximate surface area is 143 Å². The zero-order valence-electron chi connectivity index (χ0n) is 12.6. The molecule has 6 heteroatoms. The minimum Gasteiger partial charge on any atom is -0.454 e. The lowest BCUT2D eigenvalue weighted by Crippen LogP contribution is -1.92. The van der Waals surface area contributed by atoms with E-state index in [0.29, 0.717) is 23.4 Å². The number of fused-ring (bicyclic) bond motifs is 1. The third-order valence-electron chi connectivity index (χ3n) is 4.47. The van der Waals surface area contributed by atoms with Crippen LogP contribution in [0.2, 0.25) is 5.02 Å². The first-order valence-corrected chi connectivity index (χ1v) is 8.14. The lowest BCUT2D eigenvalue weighted by atomic mass is 10.1. The van der Waals surface area contributed by atoms with Gasteiger partial charge in [-0.05, 0) is 48.2 Å². The Morgan fingerprint density at radius 3 is 2.62 bits per heavy atom. The van der Waals surface area contributed by atoms with Gasteiger partial charge in [-0.2, -0.15) is 0 Å². The second-order valence-electron chi connectivity index (χ2n) is 6.01. The number of hydrogen-bond donors (Lipinski definition) is 0. The standard InChI is InChI=1S/C18H13ClN2O3/c19-12-4-1-10(2-5-12)13-8-14(13)18-21-20-17(24-18)11-3-6-15-16(7-11)23-9-22-15/h1-7,13-14H,8-9H2. The maximum absolute atomic E-state index is 5.94. The van der Waals surface area contributed by atoms with E-state index in [0.717, 1.165) is 22.8 Å². The molecule has 2 heterocycles. The van der Waals surface area contributed by atoms with Crippen LogP contribution < -0.4 is 9.47 Å². The molecule has 5 rings (SSSR count). The molecule has 0 N–H and O–H groups in total. The van der Waals surface area contributed by atoms with Gasteiger partial charge < -0.3 is 13.9 Å². The molecule has 2 aliphatic rings. The van der Waals surface area contributed by atoms with Crippen LogP contribution in [0.1, 0.15) is 29.7 Å². The smallest absolute Gasteiger partial charge is 0.247 e. The Morgan fingerprint density at radius 1 is 0.917 bits per heavy atom. The van der Waals surface area contributed by atoms with Gasteiger partial charge in [0.05, 0.1) is 0 Å². The molecule has 3 aromatic rings. The van der Waals surface area contributed by atoms with Crippen LogP contribution in [-0.4, -0.2) is 17.0 Å². The van der Waals surface area contributed by atoms with Crippen LogP contribution in [-0.2, 0) is 0 Å². The zero-order chi connectivity index (χ0) is 16.1. The number of aromatic nitrogens is 2. The highest BCUT2D eigenvalue weighted by molar-refractivity contribution is 6.30. The van der Waals surface area contributed by atoms with E-state index >= 15 is 0 Å². The van der Waals surface area contributed by atoms with Crippen molar-refractivity contribution in [3.8, 4) is 23.0 Å². The molecule has 1 fully saturated rings. The van der Waals surface area contributed by atoms with E-state index in [2.05, 4.69) is 22.3 Å². The average molecular weight is 341 g/mol. The molecule has 1 aliphatic carbocycles. The predicted molar refractivity (Wildman–Crippen MR) is 87.4 cm³/mol. The fraction of sp³-hybridized carbons (Fsp3) is 0.222. The largest absolute Gasteiger partial charge is 0.454 e. The molecule has 2 unspecified atom stereocenters. The zero-order valence-corrected chi connectivity index (χ0v) is 13.4. The molecule has 5 nitrogen and oxygen atoms in total. The van der Waals surface area contributed by atoms with Crippen LogP contribution in [0.3, 0.4) is 0 Å². The Morgan fingerprint density at radius 2 is 1.75 bits per heavy atom. The van der Waals surface area contributed by atoms with Gasteiger partial charge in [0, 0.05) is 16.5 Å². The first-order chi connectivity index (χ1) is 11.8. The number of nitrogens with zero attached hydrogens (tertiary/aromatic N) is 2. The van der Waals surface area contributed by atoms with Gasteiger partial charge in [-0.1, -0.05) is 23.7 Å². The number of halogens is 1. The fourth-order valence-corrected chi connectivity index (χ4v) is 3.20. The summed E-state index contributed by atoms with van der Waals surface area (Å²) in [6.07, 6.45) is 1.02. The molecule has 2 aromatic carbocycles. The molecule has 120 valence electrons. The van der Waals surface area contributed by atoms with Gasteiger partial charge in [0.25, 0.3) is 0 Å². The van der Waals surface area contributed by atoms with Crippen LogP contribution in [0, 0.1) is 0 Å². The van der Waals surface area contributed by atoms with Gasteiger partial charge in [0.15, 0.2) is 11.5 Å². The Hall–Kier alpha value is -2.53. The molecule has 0 radical (unpaired) electrons. The van der Waals surface area contributed by atoms with E-state index in [-0.39, 0.29) is 12.7 Å². The number of hydrogen-bond acceptors (Lipinski definition) is 5. The van der Waals surface area contributed by atoms with E-state index in [9.17, 15) is 0 Å². The fourth-order valence-electron chi connectivity index (χ4n) is 3.08. The highest BCUT2D eigenvalue weighted by Gasteiger charge is 2.43. The van der Waals surface area contributed by atoms with Crippen molar-refractivity contribution in [1.82, 2.24) is 10.2 Å². The van der Waals surface area contributed by atoms with E-state index in [1.165, 1.54) is 5.56 Å². The van der Waals surface area contributed by atoms with Crippen molar-refractivity contribution < 1.29 is 13.9 Å². The van der Waals surface area contributed by atoms with Crippen molar-refractivity contribution >= 4 is 11.6 Å². The molecule has 2 atom stereocenters. The molecule has 0 spiro atoms. The summed E-state index contributed by atoms with van der Waals surface area (Å²) >= 11 is 5.94. The molecule has 1 saturated carbocycles. The topological polar surface area (TPSA) is 57.4 Å². The van der Waals surface area contributed by atoms with Crippen molar-refractivity contribution in [2.45, 2.75) is 18.3 Å². The van der Waals surface area contributed by atoms with Crippen molar-refractivity contribution in [2.24, 2.45) is 0 Å². The van der Waals surface area contributed by atoms with Gasteiger partial charge in [0.2, 0.25) is 18.6 Å². The third kappa shape index (κ3) is 2.32. The quantitative estimate of drug-likeness (QED) is 0.707. The average Bonchev–Trinajstić information content (AvgIpc) is 3.04. The number of ether oxygens (including phenoxy) is 2. The minimum atomic E-state index is 0.249. The van der Waals surface area contributed by atoms with E-state index < -0.39 is 0 Å². The van der Waals surface area contributed by atoms with Crippen LogP contribution in [0.25, 0.3) is 11.5 Å². The molecule has 1 aliphatic heterocycles. The monoisotopic (exact) mass is 340 g/mol. The summed E-state index contributed by atoms with van der Waals surface area (Å²) in [7, 11) is 0. The Bertz CT molecular complexity index is 907. The summed E-state index contributed by atoms with van der Waals surface area (Å²) in [5.41, 5.74) is 2.09. The third-order valence-corrected chi connectivity index (χ3v) is 4.72. The van der Waals surface area contributed by atoms with Crippen LogP contribution in [0.5, 0.6) is 11.5 Å². The van der Waals surface area contributed by atoms with Crippen LogP contribution in [0.15, 0.2) is 46.9 Å². The van der Waals surface area contributed by atoms with E-state index in [4.69, 9.17) is 25.5 Å². The van der Waals surface area contributed by atoms with E-state index in [1.807, 2.05) is 30.3 Å². The lowest BCUT2D eigenvalue weighted by molar-refractivity contribution is 0.174. The van der Waals surface area contributed by atoms with Crippen LogP contribution >= 0.6 is 11.6 Å². The van der Waals surface area contributed by atoms with Crippen LogP contribution in [0.4, 0.5) is 0 Å². The molecule has 0 amide bonds. The van der Waals surface area contributed by atoms with Gasteiger partial charge in [-0.15, -0.1) is 10.2 Å². The lowest BCUT2D eigenvalue weighted by Gasteiger charge is -1.99. The second kappa shape index (κ2) is 5.24. The maximum atomic E-state index is 5.94. The highest BCUT2D eigenvalue weighted by Crippen LogP contribution is 2.54. The summed E-state index contributed by atoms with van der Waals surface area (Å²) in [4.78, 5) is 0. The van der Waals surface area contributed by atoms with Gasteiger partial charge in [-0.3, -0.25) is 0 Å². The van der Waals surface area contributed by atoms with Gasteiger partial charge in [0.1, 0.15) is 0 Å². The molecule has 24 heavy (non-hydrogen) atoms. The van der Waals surface area contributed by atoms with Crippen molar-refractivity contribution in [3.05, 3.63) is 58.9 Å². The molecule has 1 aromatic heterocycles. The highest BCUT2D eigenvalue weighted by atomic mass is 35.5. The normalized spacial score (nSPS) is 21.0. The summed E-state index contributed by atoms with van der Waals surface area (Å²) in [5, 5.41) is 9.16. The second-order valence-corrected chi connectivity index (χ2v) is 6.45. The first kappa shape index (κ1) is 13.9. The molecular weight excluding hydrogens is 328 g/mol. The minimum absolute atomic E-state index is 0.249.